The van der Waals surface area contributed by atoms with Crippen molar-refractivity contribution in [1.29, 1.82) is 0 Å². The summed E-state index contributed by atoms with van der Waals surface area (Å²) in [6.07, 6.45) is 7.82. The molecule has 0 unspecified atom stereocenters. The van der Waals surface area contributed by atoms with E-state index in [4.69, 9.17) is 10.7 Å². The van der Waals surface area contributed by atoms with Gasteiger partial charge in [0.15, 0.2) is 0 Å². The molecule has 0 aliphatic rings. The number of amides is 1. The third kappa shape index (κ3) is 6.27. The molecule has 5 aromatic heterocycles. The number of benzene rings is 1. The number of carbonyl (C=O) groups excluding carboxylic acids is 1. The third-order valence-electron chi connectivity index (χ3n) is 6.96. The standard InChI is InChI=1S/C30H27FN8O3S/c1-43(41,42)35-15-18-10-19(12-21(31)11-18)28-22-13-26(36-24(22)7-8-34-28)30-29-25(38-39-30)6-5-23(37-29)20-9-17(14-33-16-20)3-2-4-27(32)40/h5-14,16,35-36H,2-4,15H2,1H3,(H2,32,40)(H,38,39). The van der Waals surface area contributed by atoms with Crippen molar-refractivity contribution in [2.45, 2.75) is 25.8 Å². The molecule has 11 nitrogen and oxygen atoms in total. The summed E-state index contributed by atoms with van der Waals surface area (Å²) >= 11 is 0. The van der Waals surface area contributed by atoms with Crippen molar-refractivity contribution in [3.63, 3.8) is 0 Å². The number of nitrogens with zero attached hydrogens (tertiary/aromatic N) is 4. The number of rotatable bonds is 10. The minimum Gasteiger partial charge on any atom is -0.370 e. The lowest BCUT2D eigenvalue weighted by Crippen LogP contribution is -2.21. The Morgan fingerprint density at radius 3 is 2.65 bits per heavy atom. The summed E-state index contributed by atoms with van der Waals surface area (Å²) in [7, 11) is -3.44. The number of fused-ring (bicyclic) bond motifs is 2. The highest BCUT2D eigenvalue weighted by atomic mass is 32.2. The molecule has 0 bridgehead atoms. The van der Waals surface area contributed by atoms with Gasteiger partial charge in [-0.3, -0.25) is 19.9 Å². The number of H-pyrrole nitrogens is 2. The lowest BCUT2D eigenvalue weighted by molar-refractivity contribution is -0.118. The van der Waals surface area contributed by atoms with Gasteiger partial charge < -0.3 is 10.7 Å². The number of hydrogen-bond donors (Lipinski definition) is 4. The van der Waals surface area contributed by atoms with E-state index >= 15 is 0 Å². The first-order valence-electron chi connectivity index (χ1n) is 13.4. The van der Waals surface area contributed by atoms with E-state index in [0.717, 1.165) is 33.8 Å². The van der Waals surface area contributed by atoms with Gasteiger partial charge in [0.05, 0.1) is 28.9 Å². The summed E-state index contributed by atoms with van der Waals surface area (Å²) < 4.78 is 40.1. The van der Waals surface area contributed by atoms with Gasteiger partial charge in [-0.15, -0.1) is 0 Å². The maximum Gasteiger partial charge on any atom is 0.217 e. The van der Waals surface area contributed by atoms with E-state index in [1.165, 1.54) is 12.1 Å². The molecule has 43 heavy (non-hydrogen) atoms. The Labute approximate surface area is 245 Å². The molecule has 218 valence electrons. The van der Waals surface area contributed by atoms with Crippen LogP contribution in [0.3, 0.4) is 0 Å². The fraction of sp³-hybridized carbons (Fsp3) is 0.167. The molecule has 0 saturated heterocycles. The molecule has 0 fully saturated rings. The van der Waals surface area contributed by atoms with Crippen molar-refractivity contribution < 1.29 is 17.6 Å². The molecule has 1 aromatic carbocycles. The van der Waals surface area contributed by atoms with E-state index < -0.39 is 15.8 Å². The number of halogens is 1. The monoisotopic (exact) mass is 598 g/mol. The second-order valence-electron chi connectivity index (χ2n) is 10.3. The SMILES string of the molecule is CS(=O)(=O)NCc1cc(F)cc(-c2nccc3[nH]c(-c4n[nH]c5ccc(-c6cncc(CCCC(N)=O)c6)nc45)cc23)c1. The van der Waals surface area contributed by atoms with Gasteiger partial charge >= 0.3 is 0 Å². The van der Waals surface area contributed by atoms with Gasteiger partial charge in [-0.1, -0.05) is 0 Å². The molecule has 6 aromatic rings. The van der Waals surface area contributed by atoms with Gasteiger partial charge in [0.1, 0.15) is 17.0 Å². The predicted molar refractivity (Wildman–Crippen MR) is 161 cm³/mol. The minimum atomic E-state index is -3.44. The molecule has 5 heterocycles. The first-order chi connectivity index (χ1) is 20.6. The number of sulfonamides is 1. The largest absolute Gasteiger partial charge is 0.370 e. The van der Waals surface area contributed by atoms with Crippen LogP contribution in [0, 0.1) is 5.82 Å². The zero-order chi connectivity index (χ0) is 30.1. The van der Waals surface area contributed by atoms with Gasteiger partial charge in [-0.05, 0) is 72.5 Å². The molecular formula is C30H27FN8O3S. The highest BCUT2D eigenvalue weighted by molar-refractivity contribution is 7.88. The average Bonchev–Trinajstić information content (AvgIpc) is 3.59. The molecule has 0 atom stereocenters. The molecule has 0 radical (unpaired) electrons. The van der Waals surface area contributed by atoms with Crippen LogP contribution in [0.2, 0.25) is 0 Å². The summed E-state index contributed by atoms with van der Waals surface area (Å²) in [4.78, 5) is 28.2. The number of aromatic nitrogens is 6. The topological polar surface area (TPSA) is 172 Å². The maximum atomic E-state index is 14.6. The summed E-state index contributed by atoms with van der Waals surface area (Å²) in [6.45, 7) is -0.0446. The lowest BCUT2D eigenvalue weighted by atomic mass is 10.0. The van der Waals surface area contributed by atoms with Crippen LogP contribution in [0.15, 0.2) is 67.1 Å². The number of aromatic amines is 2. The highest BCUT2D eigenvalue weighted by Gasteiger charge is 2.17. The molecule has 5 N–H and O–H groups in total. The molecule has 0 aliphatic carbocycles. The summed E-state index contributed by atoms with van der Waals surface area (Å²) in [5.74, 6) is -0.829. The van der Waals surface area contributed by atoms with Gasteiger partial charge in [0, 0.05) is 53.6 Å². The highest BCUT2D eigenvalue weighted by Crippen LogP contribution is 2.34. The van der Waals surface area contributed by atoms with Crippen molar-refractivity contribution in [3.05, 3.63) is 84.1 Å². The summed E-state index contributed by atoms with van der Waals surface area (Å²) in [5, 5.41) is 8.30. The molecule has 6 rings (SSSR count). The van der Waals surface area contributed by atoms with Crippen molar-refractivity contribution in [2.75, 3.05) is 6.26 Å². The van der Waals surface area contributed by atoms with E-state index in [-0.39, 0.29) is 12.5 Å². The van der Waals surface area contributed by atoms with Gasteiger partial charge in [-0.25, -0.2) is 22.5 Å². The normalized spacial score (nSPS) is 11.9. The second kappa shape index (κ2) is 11.3. The van der Waals surface area contributed by atoms with E-state index in [1.54, 1.807) is 24.7 Å². The fourth-order valence-corrected chi connectivity index (χ4v) is 5.42. The number of aryl methyl sites for hydroxylation is 1. The van der Waals surface area contributed by atoms with E-state index in [2.05, 4.69) is 29.9 Å². The molecule has 0 aliphatic heterocycles. The van der Waals surface area contributed by atoms with Crippen LogP contribution >= 0.6 is 0 Å². The molecule has 0 spiro atoms. The average molecular weight is 599 g/mol. The maximum absolute atomic E-state index is 14.6. The smallest absolute Gasteiger partial charge is 0.217 e. The number of nitrogens with one attached hydrogen (secondary N) is 3. The Hall–Kier alpha value is -5.01. The van der Waals surface area contributed by atoms with Crippen LogP contribution < -0.4 is 10.5 Å². The Morgan fingerprint density at radius 1 is 1.00 bits per heavy atom. The molecule has 13 heteroatoms. The Kier molecular flexibility index (Phi) is 7.42. The van der Waals surface area contributed by atoms with Crippen LogP contribution in [0.25, 0.3) is 55.8 Å². The first-order valence-corrected chi connectivity index (χ1v) is 15.3. The van der Waals surface area contributed by atoms with E-state index in [0.29, 0.717) is 58.7 Å². The van der Waals surface area contributed by atoms with Crippen LogP contribution in [0.4, 0.5) is 4.39 Å². The number of carbonyl (C=O) groups is 1. The molecular weight excluding hydrogens is 571 g/mol. The number of nitrogens with two attached hydrogens (primary N) is 1. The zero-order valence-corrected chi connectivity index (χ0v) is 23.9. The van der Waals surface area contributed by atoms with Crippen LogP contribution in [0.5, 0.6) is 0 Å². The van der Waals surface area contributed by atoms with Crippen molar-refractivity contribution in [2.24, 2.45) is 5.73 Å². The predicted octanol–water partition coefficient (Wildman–Crippen LogP) is 4.23. The minimum absolute atomic E-state index is 0.0446. The lowest BCUT2D eigenvalue weighted by Gasteiger charge is -2.08. The van der Waals surface area contributed by atoms with Crippen LogP contribution in [-0.2, 0) is 27.8 Å². The Morgan fingerprint density at radius 2 is 1.84 bits per heavy atom. The number of pyridine rings is 3. The third-order valence-corrected chi connectivity index (χ3v) is 7.63. The van der Waals surface area contributed by atoms with Crippen molar-refractivity contribution >= 4 is 37.9 Å². The Balaban J connectivity index is 1.35. The fourth-order valence-electron chi connectivity index (χ4n) is 4.99. The number of primary amides is 1. The van der Waals surface area contributed by atoms with E-state index in [9.17, 15) is 17.6 Å². The summed E-state index contributed by atoms with van der Waals surface area (Å²) in [6, 6.07) is 13.9. The van der Waals surface area contributed by atoms with E-state index in [1.807, 2.05) is 30.3 Å². The van der Waals surface area contributed by atoms with Gasteiger partial charge in [0.2, 0.25) is 15.9 Å². The summed E-state index contributed by atoms with van der Waals surface area (Å²) in [5.41, 5.74) is 12.8. The first kappa shape index (κ1) is 28.1. The number of hydrogen-bond acceptors (Lipinski definition) is 7. The zero-order valence-electron chi connectivity index (χ0n) is 23.1. The van der Waals surface area contributed by atoms with Crippen molar-refractivity contribution in [1.82, 2.24) is 34.9 Å². The molecule has 0 saturated carbocycles. The second-order valence-corrected chi connectivity index (χ2v) is 12.1. The quantitative estimate of drug-likeness (QED) is 0.183. The van der Waals surface area contributed by atoms with Gasteiger partial charge in [-0.2, -0.15) is 5.10 Å². The van der Waals surface area contributed by atoms with Crippen molar-refractivity contribution in [3.8, 4) is 33.9 Å². The molecule has 1 amide bonds. The van der Waals surface area contributed by atoms with Crippen LogP contribution in [-0.4, -0.2) is 50.7 Å². The van der Waals surface area contributed by atoms with Crippen LogP contribution in [0.1, 0.15) is 24.0 Å². The van der Waals surface area contributed by atoms with Gasteiger partial charge in [0.25, 0.3) is 0 Å². The Bertz CT molecular complexity index is 2110.